The molecule has 0 fully saturated rings. The molecule has 0 atom stereocenters. The van der Waals surface area contributed by atoms with Gasteiger partial charge in [0.25, 0.3) is 0 Å². The number of nitrogens with two attached hydrogens (primary N) is 3. The molecule has 23 heavy (non-hydrogen) atoms. The lowest BCUT2D eigenvalue weighted by molar-refractivity contribution is 0.414. The van der Waals surface area contributed by atoms with E-state index in [2.05, 4.69) is 15.3 Å². The van der Waals surface area contributed by atoms with Crippen LogP contribution in [0.25, 0.3) is 0 Å². The van der Waals surface area contributed by atoms with Gasteiger partial charge in [-0.15, -0.1) is 0 Å². The van der Waals surface area contributed by atoms with E-state index in [-0.39, 0.29) is 11.9 Å². The highest BCUT2D eigenvalue weighted by Gasteiger charge is 2.02. The molecule has 0 saturated heterocycles. The second-order valence-corrected chi connectivity index (χ2v) is 4.73. The van der Waals surface area contributed by atoms with Crippen LogP contribution in [-0.4, -0.2) is 19.0 Å². The Kier molecular flexibility index (Phi) is 5.40. The third-order valence-corrected chi connectivity index (χ3v) is 3.02. The van der Waals surface area contributed by atoms with Gasteiger partial charge in [-0.05, 0) is 29.8 Å². The number of nitrogens with zero attached hydrogens (tertiary/aromatic N) is 2. The van der Waals surface area contributed by atoms with Crippen molar-refractivity contribution >= 4 is 23.3 Å². The van der Waals surface area contributed by atoms with Crippen molar-refractivity contribution in [1.29, 1.82) is 0 Å². The quantitative estimate of drug-likeness (QED) is 0.492. The zero-order valence-corrected chi connectivity index (χ0v) is 12.9. The lowest BCUT2D eigenvalue weighted by Gasteiger charge is -2.10. The number of guanidine groups is 2. The van der Waals surface area contributed by atoms with E-state index in [0.717, 1.165) is 17.0 Å². The summed E-state index contributed by atoms with van der Waals surface area (Å²) in [6.45, 7) is 0.638. The molecule has 7 heteroatoms. The van der Waals surface area contributed by atoms with Crippen molar-refractivity contribution in [3.8, 4) is 5.75 Å². The van der Waals surface area contributed by atoms with Gasteiger partial charge in [-0.3, -0.25) is 0 Å². The van der Waals surface area contributed by atoms with Crippen LogP contribution in [0.4, 0.5) is 11.4 Å². The second kappa shape index (κ2) is 7.69. The molecule has 2 rings (SSSR count). The molecule has 0 bridgehead atoms. The minimum absolute atomic E-state index is 0.00342. The predicted molar refractivity (Wildman–Crippen MR) is 93.9 cm³/mol. The van der Waals surface area contributed by atoms with Gasteiger partial charge in [0.15, 0.2) is 5.96 Å². The number of para-hydroxylation sites is 2. The summed E-state index contributed by atoms with van der Waals surface area (Å²) >= 11 is 0. The molecule has 2 aromatic carbocycles. The van der Waals surface area contributed by atoms with Crippen LogP contribution in [0.5, 0.6) is 5.75 Å². The maximum atomic E-state index is 5.68. The Hall–Kier alpha value is -3.22. The standard InChI is InChI=1S/C16H20N6O/c1-23-12-8-6-11(7-9-12)10-20-13-4-2-3-5-14(13)21-16(19)22-15(17)18/h2-9,20H,10H2,1H3,(H6,17,18,19,21,22). The zero-order valence-electron chi connectivity index (χ0n) is 12.9. The first-order valence-electron chi connectivity index (χ1n) is 6.98. The summed E-state index contributed by atoms with van der Waals surface area (Å²) in [5.74, 6) is 0.697. The Bertz CT molecular complexity index is 705. The van der Waals surface area contributed by atoms with Crippen molar-refractivity contribution in [3.05, 3.63) is 54.1 Å². The fraction of sp³-hybridized carbons (Fsp3) is 0.125. The van der Waals surface area contributed by atoms with E-state index in [1.165, 1.54) is 0 Å². The number of methoxy groups -OCH3 is 1. The summed E-state index contributed by atoms with van der Waals surface area (Å²) in [6, 6.07) is 15.3. The highest BCUT2D eigenvalue weighted by Crippen LogP contribution is 2.25. The number of nitrogens with one attached hydrogen (secondary N) is 1. The molecule has 0 radical (unpaired) electrons. The van der Waals surface area contributed by atoms with Crippen molar-refractivity contribution < 1.29 is 4.74 Å². The van der Waals surface area contributed by atoms with Crippen LogP contribution in [0.2, 0.25) is 0 Å². The van der Waals surface area contributed by atoms with Gasteiger partial charge >= 0.3 is 0 Å². The first-order valence-corrected chi connectivity index (χ1v) is 6.98. The Labute approximate surface area is 134 Å². The topological polar surface area (TPSA) is 124 Å². The number of hydrogen-bond donors (Lipinski definition) is 4. The molecule has 0 aliphatic carbocycles. The van der Waals surface area contributed by atoms with Gasteiger partial charge in [0, 0.05) is 6.54 Å². The molecule has 0 heterocycles. The van der Waals surface area contributed by atoms with E-state index in [1.54, 1.807) is 7.11 Å². The first kappa shape index (κ1) is 16.2. The molecular weight excluding hydrogens is 292 g/mol. The summed E-state index contributed by atoms with van der Waals surface area (Å²) in [4.78, 5) is 7.91. The molecular formula is C16H20N6O. The summed E-state index contributed by atoms with van der Waals surface area (Å²) in [5.41, 5.74) is 18.8. The van der Waals surface area contributed by atoms with Crippen LogP contribution in [0.1, 0.15) is 5.56 Å². The Balaban J connectivity index is 2.12. The number of anilines is 1. The van der Waals surface area contributed by atoms with Crippen LogP contribution >= 0.6 is 0 Å². The Morgan fingerprint density at radius 1 is 1.04 bits per heavy atom. The summed E-state index contributed by atoms with van der Waals surface area (Å²) in [7, 11) is 1.64. The van der Waals surface area contributed by atoms with Gasteiger partial charge in [0.1, 0.15) is 5.75 Å². The van der Waals surface area contributed by atoms with Crippen molar-refractivity contribution in [3.63, 3.8) is 0 Å². The van der Waals surface area contributed by atoms with E-state index in [9.17, 15) is 0 Å². The number of rotatable bonds is 5. The molecule has 7 nitrogen and oxygen atoms in total. The molecule has 0 aliphatic rings. The summed E-state index contributed by atoms with van der Waals surface area (Å²) < 4.78 is 5.14. The third-order valence-electron chi connectivity index (χ3n) is 3.02. The van der Waals surface area contributed by atoms with Gasteiger partial charge in [0.05, 0.1) is 18.5 Å². The molecule has 120 valence electrons. The fourth-order valence-electron chi connectivity index (χ4n) is 1.94. The average Bonchev–Trinajstić information content (AvgIpc) is 2.53. The van der Waals surface area contributed by atoms with E-state index in [1.807, 2.05) is 48.5 Å². The second-order valence-electron chi connectivity index (χ2n) is 4.73. The van der Waals surface area contributed by atoms with Gasteiger partial charge in [0.2, 0.25) is 5.96 Å². The van der Waals surface area contributed by atoms with Crippen LogP contribution < -0.4 is 27.3 Å². The normalized spacial score (nSPS) is 10.9. The first-order chi connectivity index (χ1) is 11.1. The maximum Gasteiger partial charge on any atom is 0.223 e. The Morgan fingerprint density at radius 2 is 1.74 bits per heavy atom. The van der Waals surface area contributed by atoms with Crippen LogP contribution in [0.15, 0.2) is 58.5 Å². The molecule has 0 spiro atoms. The lowest BCUT2D eigenvalue weighted by atomic mass is 10.2. The average molecular weight is 312 g/mol. The van der Waals surface area contributed by atoms with Crippen LogP contribution in [0.3, 0.4) is 0 Å². The fourth-order valence-corrected chi connectivity index (χ4v) is 1.94. The largest absolute Gasteiger partial charge is 0.497 e. The summed E-state index contributed by atoms with van der Waals surface area (Å²) in [6.07, 6.45) is 0. The molecule has 0 unspecified atom stereocenters. The van der Waals surface area contributed by atoms with Crippen molar-refractivity contribution in [2.75, 3.05) is 12.4 Å². The lowest BCUT2D eigenvalue weighted by Crippen LogP contribution is -2.26. The van der Waals surface area contributed by atoms with E-state index in [4.69, 9.17) is 21.9 Å². The minimum atomic E-state index is -0.130. The SMILES string of the molecule is COc1ccc(CNc2ccccc2N=C(N)N=C(N)N)cc1. The smallest absolute Gasteiger partial charge is 0.223 e. The van der Waals surface area contributed by atoms with Crippen LogP contribution in [0, 0.1) is 0 Å². The minimum Gasteiger partial charge on any atom is -0.497 e. The number of ether oxygens (including phenoxy) is 1. The third kappa shape index (κ3) is 4.92. The molecule has 0 saturated carbocycles. The van der Waals surface area contributed by atoms with E-state index in [0.29, 0.717) is 12.2 Å². The van der Waals surface area contributed by atoms with Gasteiger partial charge < -0.3 is 27.3 Å². The molecule has 0 amide bonds. The van der Waals surface area contributed by atoms with E-state index >= 15 is 0 Å². The number of benzene rings is 2. The molecule has 7 N–H and O–H groups in total. The highest BCUT2D eigenvalue weighted by atomic mass is 16.5. The molecule has 0 aliphatic heterocycles. The zero-order chi connectivity index (χ0) is 16.7. The van der Waals surface area contributed by atoms with Crippen molar-refractivity contribution in [2.24, 2.45) is 27.2 Å². The molecule has 2 aromatic rings. The molecule has 0 aromatic heterocycles. The number of hydrogen-bond acceptors (Lipinski definition) is 3. The van der Waals surface area contributed by atoms with Gasteiger partial charge in [-0.25, -0.2) is 4.99 Å². The van der Waals surface area contributed by atoms with Crippen molar-refractivity contribution in [1.82, 2.24) is 0 Å². The maximum absolute atomic E-state index is 5.68. The predicted octanol–water partition coefficient (Wildman–Crippen LogP) is 1.53. The summed E-state index contributed by atoms with van der Waals surface area (Å²) in [5, 5.41) is 3.31. The van der Waals surface area contributed by atoms with Crippen molar-refractivity contribution in [2.45, 2.75) is 6.54 Å². The van der Waals surface area contributed by atoms with E-state index < -0.39 is 0 Å². The van der Waals surface area contributed by atoms with Gasteiger partial charge in [-0.1, -0.05) is 24.3 Å². The van der Waals surface area contributed by atoms with Crippen LogP contribution in [-0.2, 0) is 6.54 Å². The number of aliphatic imine (C=N–C) groups is 2. The van der Waals surface area contributed by atoms with Gasteiger partial charge in [-0.2, -0.15) is 4.99 Å². The highest BCUT2D eigenvalue weighted by molar-refractivity contribution is 5.94. The Morgan fingerprint density at radius 3 is 2.39 bits per heavy atom. The monoisotopic (exact) mass is 312 g/mol.